The van der Waals surface area contributed by atoms with E-state index in [1.165, 1.54) is 6.07 Å². The van der Waals surface area contributed by atoms with E-state index in [1.807, 2.05) is 0 Å². The average molecular weight is 422 g/mol. The number of halogens is 3. The van der Waals surface area contributed by atoms with Crippen molar-refractivity contribution in [3.63, 3.8) is 0 Å². The molecule has 8 heteroatoms. The van der Waals surface area contributed by atoms with Gasteiger partial charge in [-0.15, -0.1) is 0 Å². The highest BCUT2D eigenvalue weighted by molar-refractivity contribution is 7.95. The summed E-state index contributed by atoms with van der Waals surface area (Å²) in [4.78, 5) is -0.728. The molecule has 0 saturated heterocycles. The van der Waals surface area contributed by atoms with Gasteiger partial charge in [-0.25, -0.2) is 12.8 Å². The van der Waals surface area contributed by atoms with Gasteiger partial charge in [0.25, 0.3) is 0 Å². The van der Waals surface area contributed by atoms with E-state index in [9.17, 15) is 18.1 Å². The number of benzene rings is 2. The van der Waals surface area contributed by atoms with Crippen LogP contribution >= 0.6 is 23.2 Å². The molecule has 0 saturated carbocycles. The van der Waals surface area contributed by atoms with Gasteiger partial charge in [-0.1, -0.05) is 29.3 Å². The van der Waals surface area contributed by atoms with Crippen LogP contribution in [0.15, 0.2) is 68.8 Å². The number of rotatable bonds is 4. The van der Waals surface area contributed by atoms with Crippen molar-refractivity contribution in [3.05, 3.63) is 81.1 Å². The summed E-state index contributed by atoms with van der Waals surface area (Å²) in [5.41, 5.74) is 0.531. The molecule has 1 aromatic heterocycles. The van der Waals surface area contributed by atoms with Gasteiger partial charge in [0.15, 0.2) is 4.91 Å². The summed E-state index contributed by atoms with van der Waals surface area (Å²) in [5.74, 6) is -0.0704. The summed E-state index contributed by atoms with van der Waals surface area (Å²) in [6, 6.07) is 14.0. The molecule has 0 N–H and O–H groups in total. The molecule has 0 amide bonds. The highest BCUT2D eigenvalue weighted by atomic mass is 35.5. The lowest BCUT2D eigenvalue weighted by Crippen LogP contribution is -2.03. The third kappa shape index (κ3) is 3.91. The second-order valence-electron chi connectivity index (χ2n) is 5.38. The van der Waals surface area contributed by atoms with Crippen LogP contribution < -0.4 is 0 Å². The zero-order valence-electron chi connectivity index (χ0n) is 13.5. The molecule has 0 bridgehead atoms. The first-order valence-corrected chi connectivity index (χ1v) is 9.73. The fourth-order valence-electron chi connectivity index (χ4n) is 2.31. The molecule has 136 valence electrons. The van der Waals surface area contributed by atoms with Gasteiger partial charge in [0.2, 0.25) is 9.84 Å². The van der Waals surface area contributed by atoms with Crippen LogP contribution in [0.1, 0.15) is 5.76 Å². The molecule has 0 aliphatic carbocycles. The number of hydrogen-bond donors (Lipinski definition) is 0. The Morgan fingerprint density at radius 3 is 2.44 bits per heavy atom. The molecule has 0 unspecified atom stereocenters. The van der Waals surface area contributed by atoms with E-state index in [1.54, 1.807) is 30.3 Å². The third-order valence-electron chi connectivity index (χ3n) is 3.64. The molecule has 0 radical (unpaired) electrons. The Kier molecular flexibility index (Phi) is 5.38. The summed E-state index contributed by atoms with van der Waals surface area (Å²) >= 11 is 12.1. The number of nitrogens with zero attached hydrogens (tertiary/aromatic N) is 1. The second-order valence-corrected chi connectivity index (χ2v) is 8.08. The largest absolute Gasteiger partial charge is 0.457 e. The van der Waals surface area contributed by atoms with Crippen molar-refractivity contribution < 1.29 is 17.2 Å². The minimum absolute atomic E-state index is 0.142. The van der Waals surface area contributed by atoms with E-state index in [4.69, 9.17) is 27.6 Å². The van der Waals surface area contributed by atoms with Crippen molar-refractivity contribution in [1.82, 2.24) is 0 Å². The van der Waals surface area contributed by atoms with Crippen LogP contribution in [0.25, 0.3) is 17.4 Å². The van der Waals surface area contributed by atoms with Gasteiger partial charge in [-0.2, -0.15) is 5.26 Å². The topological polar surface area (TPSA) is 71.1 Å². The molecule has 4 nitrogen and oxygen atoms in total. The summed E-state index contributed by atoms with van der Waals surface area (Å²) in [7, 11) is -4.11. The van der Waals surface area contributed by atoms with E-state index in [-0.39, 0.29) is 10.7 Å². The van der Waals surface area contributed by atoms with Gasteiger partial charge in [0, 0.05) is 11.6 Å². The lowest BCUT2D eigenvalue weighted by molar-refractivity contribution is 0.571. The maximum Gasteiger partial charge on any atom is 0.216 e. The first-order chi connectivity index (χ1) is 12.8. The van der Waals surface area contributed by atoms with Crippen LogP contribution in [0.2, 0.25) is 10.0 Å². The molecule has 0 aliphatic heterocycles. The normalized spacial score (nSPS) is 12.0. The Morgan fingerprint density at radius 1 is 1.07 bits per heavy atom. The predicted octanol–water partition coefficient (Wildman–Crippen LogP) is 5.73. The quantitative estimate of drug-likeness (QED) is 0.398. The van der Waals surface area contributed by atoms with Crippen molar-refractivity contribution in [2.24, 2.45) is 0 Å². The van der Waals surface area contributed by atoms with Crippen molar-refractivity contribution in [1.29, 1.82) is 5.26 Å². The van der Waals surface area contributed by atoms with Gasteiger partial charge in [-0.3, -0.25) is 0 Å². The van der Waals surface area contributed by atoms with Gasteiger partial charge in [0.1, 0.15) is 23.4 Å². The summed E-state index contributed by atoms with van der Waals surface area (Å²) in [5, 5.41) is 9.93. The summed E-state index contributed by atoms with van der Waals surface area (Å²) in [6.07, 6.45) is 1.10. The average Bonchev–Trinajstić information content (AvgIpc) is 3.10. The van der Waals surface area contributed by atoms with Crippen molar-refractivity contribution in [2.75, 3.05) is 0 Å². The van der Waals surface area contributed by atoms with E-state index in [2.05, 4.69) is 0 Å². The third-order valence-corrected chi connectivity index (χ3v) is 6.14. The molecule has 0 fully saturated rings. The first kappa shape index (κ1) is 19.2. The van der Waals surface area contributed by atoms with Crippen LogP contribution in [0.3, 0.4) is 0 Å². The van der Waals surface area contributed by atoms with Crippen molar-refractivity contribution in [2.45, 2.75) is 4.90 Å². The van der Waals surface area contributed by atoms with Gasteiger partial charge < -0.3 is 4.42 Å². The van der Waals surface area contributed by atoms with E-state index in [0.29, 0.717) is 21.4 Å². The molecule has 2 aromatic carbocycles. The number of furan rings is 1. The lowest BCUT2D eigenvalue weighted by Gasteiger charge is -2.03. The molecule has 3 rings (SSSR count). The molecular formula is C19H10Cl2FNO3S. The molecule has 0 spiro atoms. The highest BCUT2D eigenvalue weighted by Gasteiger charge is 2.21. The molecule has 1 heterocycles. The summed E-state index contributed by atoms with van der Waals surface area (Å²) < 4.78 is 43.7. The molecule has 27 heavy (non-hydrogen) atoms. The summed E-state index contributed by atoms with van der Waals surface area (Å²) in [6.45, 7) is 0. The Labute approximate surface area is 165 Å². The first-order valence-electron chi connectivity index (χ1n) is 7.49. The Bertz CT molecular complexity index is 1180. The minimum atomic E-state index is -4.11. The van der Waals surface area contributed by atoms with Gasteiger partial charge >= 0.3 is 0 Å². The standard InChI is InChI=1S/C19H10Cl2FNO3S/c20-17-3-1-2-16(19(17)21)18-9-6-13(26-18)10-15(11-23)27(24,25)14-7-4-12(22)5-8-14/h1-10H. The monoisotopic (exact) mass is 421 g/mol. The molecule has 0 aliphatic rings. The van der Waals surface area contributed by atoms with Crippen LogP contribution in [0, 0.1) is 17.1 Å². The van der Waals surface area contributed by atoms with E-state index < -0.39 is 20.6 Å². The van der Waals surface area contributed by atoms with Crippen LogP contribution in [0.5, 0.6) is 0 Å². The van der Waals surface area contributed by atoms with Gasteiger partial charge in [-0.05, 0) is 48.5 Å². The maximum absolute atomic E-state index is 13.0. The smallest absolute Gasteiger partial charge is 0.216 e. The molecular weight excluding hydrogens is 412 g/mol. The van der Waals surface area contributed by atoms with Gasteiger partial charge in [0.05, 0.1) is 14.9 Å². The van der Waals surface area contributed by atoms with Crippen LogP contribution in [-0.4, -0.2) is 8.42 Å². The molecule has 3 aromatic rings. The Morgan fingerprint density at radius 2 is 1.78 bits per heavy atom. The number of hydrogen-bond acceptors (Lipinski definition) is 4. The lowest BCUT2D eigenvalue weighted by atomic mass is 10.2. The zero-order valence-corrected chi connectivity index (χ0v) is 15.8. The Hall–Kier alpha value is -2.59. The number of nitriles is 1. The van der Waals surface area contributed by atoms with E-state index >= 15 is 0 Å². The van der Waals surface area contributed by atoms with Crippen LogP contribution in [0.4, 0.5) is 4.39 Å². The number of sulfone groups is 1. The minimum Gasteiger partial charge on any atom is -0.457 e. The Balaban J connectivity index is 2.00. The van der Waals surface area contributed by atoms with Crippen LogP contribution in [-0.2, 0) is 9.84 Å². The maximum atomic E-state index is 13.0. The van der Waals surface area contributed by atoms with Crippen molar-refractivity contribution >= 4 is 39.1 Å². The predicted molar refractivity (Wildman–Crippen MR) is 101 cm³/mol. The number of allylic oxidation sites excluding steroid dienone is 1. The fraction of sp³-hybridized carbons (Fsp3) is 0. The second kappa shape index (κ2) is 7.57. The highest BCUT2D eigenvalue weighted by Crippen LogP contribution is 2.35. The van der Waals surface area contributed by atoms with Crippen molar-refractivity contribution in [3.8, 4) is 17.4 Å². The SMILES string of the molecule is N#CC(=Cc1ccc(-c2cccc(Cl)c2Cl)o1)S(=O)(=O)c1ccc(F)cc1. The zero-order chi connectivity index (χ0) is 19.6. The molecule has 0 atom stereocenters. The fourth-order valence-corrected chi connectivity index (χ4v) is 3.84. The van der Waals surface area contributed by atoms with E-state index in [0.717, 1.165) is 30.3 Å².